The Labute approximate surface area is 159 Å². The zero-order valence-corrected chi connectivity index (χ0v) is 15.4. The maximum absolute atomic E-state index is 13.4. The average molecular weight is 360 g/mol. The molecule has 138 valence electrons. The van der Waals surface area contributed by atoms with Gasteiger partial charge in [0.2, 0.25) is 0 Å². The summed E-state index contributed by atoms with van der Waals surface area (Å²) in [6.07, 6.45) is 11.7. The third-order valence-corrected chi connectivity index (χ3v) is 6.19. The molecule has 4 heteroatoms. The van der Waals surface area contributed by atoms with Crippen LogP contribution >= 0.6 is 0 Å². The van der Waals surface area contributed by atoms with Crippen molar-refractivity contribution < 1.29 is 9.53 Å². The molecule has 0 saturated heterocycles. The molecule has 1 aromatic heterocycles. The first kappa shape index (κ1) is 16.5. The van der Waals surface area contributed by atoms with Crippen molar-refractivity contribution in [2.75, 3.05) is 13.2 Å². The Bertz CT molecular complexity index is 877. The summed E-state index contributed by atoms with van der Waals surface area (Å²) < 4.78 is 5.59. The van der Waals surface area contributed by atoms with Gasteiger partial charge in [0.1, 0.15) is 5.75 Å². The molecule has 27 heavy (non-hydrogen) atoms. The van der Waals surface area contributed by atoms with Crippen LogP contribution in [-0.2, 0) is 13.0 Å². The topological polar surface area (TPSA) is 42.4 Å². The minimum absolute atomic E-state index is 0.111. The van der Waals surface area contributed by atoms with E-state index in [2.05, 4.69) is 17.1 Å². The molecular formula is C23H24N2O2. The van der Waals surface area contributed by atoms with Gasteiger partial charge < -0.3 is 9.64 Å². The van der Waals surface area contributed by atoms with Crippen LogP contribution in [0.4, 0.5) is 0 Å². The Kier molecular flexibility index (Phi) is 4.19. The molecule has 4 nitrogen and oxygen atoms in total. The van der Waals surface area contributed by atoms with E-state index in [0.717, 1.165) is 35.4 Å². The number of benzene rings is 1. The van der Waals surface area contributed by atoms with E-state index in [4.69, 9.17) is 4.74 Å². The second kappa shape index (κ2) is 6.84. The summed E-state index contributed by atoms with van der Waals surface area (Å²) in [5, 5.41) is 0. The fourth-order valence-corrected chi connectivity index (χ4v) is 4.82. The van der Waals surface area contributed by atoms with Gasteiger partial charge in [-0.1, -0.05) is 18.2 Å². The van der Waals surface area contributed by atoms with Crippen molar-refractivity contribution in [1.29, 1.82) is 0 Å². The summed E-state index contributed by atoms with van der Waals surface area (Å²) in [7, 11) is 0. The van der Waals surface area contributed by atoms with Gasteiger partial charge in [-0.05, 0) is 66.0 Å². The van der Waals surface area contributed by atoms with E-state index in [0.29, 0.717) is 30.9 Å². The number of ether oxygens (including phenoxy) is 1. The van der Waals surface area contributed by atoms with E-state index in [9.17, 15) is 4.79 Å². The second-order valence-corrected chi connectivity index (χ2v) is 8.01. The van der Waals surface area contributed by atoms with Crippen LogP contribution in [0.15, 0.2) is 54.9 Å². The third-order valence-electron chi connectivity index (χ3n) is 6.19. The zero-order valence-electron chi connectivity index (χ0n) is 15.4. The minimum Gasteiger partial charge on any atom is -0.493 e. The highest BCUT2D eigenvalue weighted by Gasteiger charge is 2.37. The molecule has 2 aromatic rings. The Balaban J connectivity index is 1.40. The lowest BCUT2D eigenvalue weighted by molar-refractivity contribution is 0.0704. The maximum Gasteiger partial charge on any atom is 0.254 e. The van der Waals surface area contributed by atoms with Gasteiger partial charge >= 0.3 is 0 Å². The summed E-state index contributed by atoms with van der Waals surface area (Å²) in [6, 6.07) is 9.85. The van der Waals surface area contributed by atoms with Crippen molar-refractivity contribution in [3.8, 4) is 5.75 Å². The van der Waals surface area contributed by atoms with E-state index in [1.54, 1.807) is 6.20 Å². The first-order valence-electron chi connectivity index (χ1n) is 9.88. The smallest absolute Gasteiger partial charge is 0.254 e. The fraction of sp³-hybridized carbons (Fsp3) is 0.391. The number of nitrogens with zero attached hydrogens (tertiary/aromatic N) is 2. The predicted octanol–water partition coefficient (Wildman–Crippen LogP) is 3.87. The third kappa shape index (κ3) is 3.25. The van der Waals surface area contributed by atoms with Gasteiger partial charge in [0.05, 0.1) is 6.61 Å². The van der Waals surface area contributed by atoms with Crippen molar-refractivity contribution in [3.63, 3.8) is 0 Å². The number of carbonyl (C=O) groups is 1. The normalized spacial score (nSPS) is 24.7. The van der Waals surface area contributed by atoms with E-state index >= 15 is 0 Å². The molecule has 2 heterocycles. The number of hydrogen-bond donors (Lipinski definition) is 0. The summed E-state index contributed by atoms with van der Waals surface area (Å²) in [5.74, 6) is 2.95. The van der Waals surface area contributed by atoms with Crippen molar-refractivity contribution in [2.45, 2.75) is 25.8 Å². The van der Waals surface area contributed by atoms with E-state index in [1.165, 1.54) is 12.8 Å². The summed E-state index contributed by atoms with van der Waals surface area (Å²) in [6.45, 7) is 2.13. The highest BCUT2D eigenvalue weighted by Crippen LogP contribution is 2.44. The number of hydrogen-bond acceptors (Lipinski definition) is 3. The van der Waals surface area contributed by atoms with Crippen LogP contribution in [0.25, 0.3) is 0 Å². The Hall–Kier alpha value is -2.62. The van der Waals surface area contributed by atoms with Gasteiger partial charge in [-0.25, -0.2) is 0 Å². The molecular weight excluding hydrogens is 336 g/mol. The summed E-state index contributed by atoms with van der Waals surface area (Å²) >= 11 is 0. The molecule has 0 N–H and O–H groups in total. The van der Waals surface area contributed by atoms with Crippen molar-refractivity contribution in [1.82, 2.24) is 9.88 Å². The van der Waals surface area contributed by atoms with Crippen LogP contribution in [-0.4, -0.2) is 28.9 Å². The van der Waals surface area contributed by atoms with E-state index in [-0.39, 0.29) is 5.91 Å². The highest BCUT2D eigenvalue weighted by atomic mass is 16.5. The lowest BCUT2D eigenvalue weighted by atomic mass is 9.92. The van der Waals surface area contributed by atoms with Crippen LogP contribution in [0.3, 0.4) is 0 Å². The zero-order chi connectivity index (χ0) is 18.2. The van der Waals surface area contributed by atoms with Crippen molar-refractivity contribution in [2.24, 2.45) is 17.8 Å². The number of pyridine rings is 1. The highest BCUT2D eigenvalue weighted by molar-refractivity contribution is 5.94. The molecule has 0 spiro atoms. The van der Waals surface area contributed by atoms with Crippen LogP contribution in [0.5, 0.6) is 5.75 Å². The Morgan fingerprint density at radius 3 is 2.96 bits per heavy atom. The van der Waals surface area contributed by atoms with E-state index in [1.807, 2.05) is 41.4 Å². The SMILES string of the molecule is O=C(c1ccc2c(c1)CCO2)N(Cc1cccnc1)C[C@H]1C[C@@H]2C=C[C@H]1C2. The van der Waals surface area contributed by atoms with Gasteiger partial charge in [-0.15, -0.1) is 0 Å². The van der Waals surface area contributed by atoms with Gasteiger partial charge in [0.15, 0.2) is 0 Å². The number of amides is 1. The largest absolute Gasteiger partial charge is 0.493 e. The molecule has 1 fully saturated rings. The molecule has 2 aliphatic carbocycles. The van der Waals surface area contributed by atoms with Crippen LogP contribution in [0, 0.1) is 17.8 Å². The quantitative estimate of drug-likeness (QED) is 0.760. The minimum atomic E-state index is 0.111. The first-order valence-corrected chi connectivity index (χ1v) is 9.88. The molecule has 1 saturated carbocycles. The lowest BCUT2D eigenvalue weighted by Crippen LogP contribution is -2.36. The monoisotopic (exact) mass is 360 g/mol. The number of allylic oxidation sites excluding steroid dienone is 2. The second-order valence-electron chi connectivity index (χ2n) is 8.01. The molecule has 5 rings (SSSR count). The molecule has 3 aliphatic rings. The number of fused-ring (bicyclic) bond motifs is 3. The Morgan fingerprint density at radius 2 is 2.19 bits per heavy atom. The molecule has 3 atom stereocenters. The number of carbonyl (C=O) groups excluding carboxylic acids is 1. The first-order chi connectivity index (χ1) is 13.3. The Morgan fingerprint density at radius 1 is 1.22 bits per heavy atom. The van der Waals surface area contributed by atoms with Crippen LogP contribution in [0.2, 0.25) is 0 Å². The predicted molar refractivity (Wildman–Crippen MR) is 103 cm³/mol. The van der Waals surface area contributed by atoms with Crippen LogP contribution in [0.1, 0.15) is 34.3 Å². The molecule has 1 aromatic carbocycles. The molecule has 0 unspecified atom stereocenters. The molecule has 1 amide bonds. The molecule has 2 bridgehead atoms. The number of rotatable bonds is 5. The van der Waals surface area contributed by atoms with Gasteiger partial charge in [-0.2, -0.15) is 0 Å². The molecule has 0 radical (unpaired) electrons. The maximum atomic E-state index is 13.4. The summed E-state index contributed by atoms with van der Waals surface area (Å²) in [5.41, 5.74) is 2.99. The van der Waals surface area contributed by atoms with E-state index < -0.39 is 0 Å². The number of aromatic nitrogens is 1. The van der Waals surface area contributed by atoms with Crippen molar-refractivity contribution in [3.05, 3.63) is 71.6 Å². The fourth-order valence-electron chi connectivity index (χ4n) is 4.82. The standard InChI is InChI=1S/C23H24N2O2/c26-23(20-5-6-22-19(12-20)7-9-27-22)25(14-17-2-1-8-24-13-17)15-21-11-16-3-4-18(21)10-16/h1-6,8,12-13,16,18,21H,7,9-11,14-15H2/t16-,18+,21-/m1/s1. The summed E-state index contributed by atoms with van der Waals surface area (Å²) in [4.78, 5) is 19.6. The average Bonchev–Trinajstić information content (AvgIpc) is 3.44. The van der Waals surface area contributed by atoms with Gasteiger partial charge in [0.25, 0.3) is 5.91 Å². The van der Waals surface area contributed by atoms with Gasteiger partial charge in [-0.3, -0.25) is 9.78 Å². The molecule has 1 aliphatic heterocycles. The van der Waals surface area contributed by atoms with Crippen molar-refractivity contribution >= 4 is 5.91 Å². The van der Waals surface area contributed by atoms with Gasteiger partial charge in [0, 0.05) is 37.5 Å². The van der Waals surface area contributed by atoms with Crippen LogP contribution < -0.4 is 4.74 Å². The lowest BCUT2D eigenvalue weighted by Gasteiger charge is -2.29.